The number of rotatable bonds is 5. The minimum Gasteiger partial charge on any atom is -0.386 e. The van der Waals surface area contributed by atoms with Gasteiger partial charge in [-0.1, -0.05) is 27.5 Å². The van der Waals surface area contributed by atoms with Gasteiger partial charge in [-0.3, -0.25) is 24.4 Å². The van der Waals surface area contributed by atoms with Crippen LogP contribution in [0.2, 0.25) is 5.02 Å². The summed E-state index contributed by atoms with van der Waals surface area (Å²) in [5.74, 6) is -1.64. The quantitative estimate of drug-likeness (QED) is 0.395. The fourth-order valence-corrected chi connectivity index (χ4v) is 4.74. The summed E-state index contributed by atoms with van der Waals surface area (Å²) in [5, 5.41) is 18.4. The summed E-state index contributed by atoms with van der Waals surface area (Å²) >= 11 is 16.2. The minimum atomic E-state index is -0.769. The molecule has 2 aromatic heterocycles. The van der Waals surface area contributed by atoms with Gasteiger partial charge in [0.1, 0.15) is 16.9 Å². The number of carbonyl (C=O) groups is 3. The number of halogens is 4. The molecule has 0 aliphatic heterocycles. The number of likely N-dealkylation sites (N-methyl/N-ethyl adjacent to an activating group) is 1. The van der Waals surface area contributed by atoms with E-state index in [-0.39, 0.29) is 27.8 Å². The Morgan fingerprint density at radius 2 is 1.85 bits per heavy atom. The van der Waals surface area contributed by atoms with Crippen LogP contribution in [0.1, 0.15) is 20.8 Å². The van der Waals surface area contributed by atoms with Crippen molar-refractivity contribution in [2.24, 2.45) is 0 Å². The Morgan fingerprint density at radius 1 is 1.15 bits per heavy atom. The molecule has 0 bridgehead atoms. The number of nitrogens with one attached hydrogen (secondary N) is 1. The molecule has 0 aliphatic carbocycles. The number of hydrazine groups is 1. The molecule has 34 heavy (non-hydrogen) atoms. The van der Waals surface area contributed by atoms with Crippen molar-refractivity contribution < 1.29 is 19.5 Å². The Labute approximate surface area is 224 Å². The zero-order valence-corrected chi connectivity index (χ0v) is 23.1. The van der Waals surface area contributed by atoms with E-state index in [0.29, 0.717) is 13.5 Å². The first-order chi connectivity index (χ1) is 16.0. The van der Waals surface area contributed by atoms with Crippen LogP contribution >= 0.6 is 59.4 Å². The number of amides is 3. The standard InChI is InChI=1S/C20H16Br3ClN6O4/c1-28(16(32)9-31)29(2)20(34)11-6-10(21)7-12(22)17(11)26-19(33)14-8-15(23)27-30(14)18-13(24)4-3-5-25-18/h3-8,31H,9H2,1-2H3,(H,26,33). The predicted molar refractivity (Wildman–Crippen MR) is 136 cm³/mol. The molecular formula is C20H16Br3ClN6O4. The summed E-state index contributed by atoms with van der Waals surface area (Å²) in [7, 11) is 2.71. The van der Waals surface area contributed by atoms with Gasteiger partial charge in [0.05, 0.1) is 16.3 Å². The molecule has 0 saturated heterocycles. The highest BCUT2D eigenvalue weighted by molar-refractivity contribution is 9.11. The monoisotopic (exact) mass is 676 g/mol. The van der Waals surface area contributed by atoms with Gasteiger partial charge in [0.2, 0.25) is 0 Å². The smallest absolute Gasteiger partial charge is 0.274 e. The molecular weight excluding hydrogens is 663 g/mol. The third-order valence-corrected chi connectivity index (χ3v) is 6.38. The molecule has 0 radical (unpaired) electrons. The Hall–Kier alpha value is -2.32. The SMILES string of the molecule is CN(C(=O)CO)N(C)C(=O)c1cc(Br)cc(Br)c1NC(=O)c1cc(Br)nn1-c1ncccc1Cl. The second-order valence-corrected chi connectivity index (χ2v) is 9.73. The highest BCUT2D eigenvalue weighted by atomic mass is 79.9. The fourth-order valence-electron chi connectivity index (χ4n) is 2.84. The lowest BCUT2D eigenvalue weighted by atomic mass is 10.1. The number of aromatic nitrogens is 3. The van der Waals surface area contributed by atoms with E-state index in [4.69, 9.17) is 16.7 Å². The number of anilines is 1. The lowest BCUT2D eigenvalue weighted by Crippen LogP contribution is -2.46. The van der Waals surface area contributed by atoms with E-state index in [2.05, 4.69) is 63.2 Å². The van der Waals surface area contributed by atoms with Crippen LogP contribution in [0.3, 0.4) is 0 Å². The molecule has 0 spiro atoms. The Bertz CT molecular complexity index is 1290. The molecule has 3 amide bonds. The molecule has 0 unspecified atom stereocenters. The summed E-state index contributed by atoms with van der Waals surface area (Å²) < 4.78 is 2.60. The number of aliphatic hydroxyl groups excluding tert-OH is 1. The Kier molecular flexibility index (Phi) is 8.47. The minimum absolute atomic E-state index is 0.0793. The Balaban J connectivity index is 2.02. The second-order valence-electron chi connectivity index (χ2n) is 6.74. The number of pyridine rings is 1. The topological polar surface area (TPSA) is 121 Å². The average Bonchev–Trinajstić information content (AvgIpc) is 3.20. The molecule has 0 fully saturated rings. The first-order valence-corrected chi connectivity index (χ1v) is 12.1. The maximum absolute atomic E-state index is 13.3. The van der Waals surface area contributed by atoms with Crippen LogP contribution in [0.15, 0.2) is 50.1 Å². The molecule has 0 atom stereocenters. The van der Waals surface area contributed by atoms with Crippen molar-refractivity contribution in [1.29, 1.82) is 0 Å². The van der Waals surface area contributed by atoms with Crippen LogP contribution in [0.25, 0.3) is 5.82 Å². The summed E-state index contributed by atoms with van der Waals surface area (Å²) in [4.78, 5) is 42.5. The number of hydrogen-bond donors (Lipinski definition) is 2. The molecule has 3 aromatic rings. The van der Waals surface area contributed by atoms with Gasteiger partial charge in [0.25, 0.3) is 17.7 Å². The van der Waals surface area contributed by atoms with E-state index in [1.807, 2.05) is 0 Å². The number of aliphatic hydroxyl groups is 1. The van der Waals surface area contributed by atoms with Gasteiger partial charge < -0.3 is 10.4 Å². The normalized spacial score (nSPS) is 10.7. The van der Waals surface area contributed by atoms with Gasteiger partial charge >= 0.3 is 0 Å². The van der Waals surface area contributed by atoms with Crippen LogP contribution in [0.4, 0.5) is 5.69 Å². The van der Waals surface area contributed by atoms with Crippen LogP contribution in [-0.4, -0.2) is 68.3 Å². The van der Waals surface area contributed by atoms with Gasteiger partial charge in [0, 0.05) is 35.3 Å². The van der Waals surface area contributed by atoms with Crippen molar-refractivity contribution >= 4 is 82.8 Å². The molecule has 14 heteroatoms. The fraction of sp³-hybridized carbons (Fsp3) is 0.150. The zero-order valence-electron chi connectivity index (χ0n) is 17.6. The van der Waals surface area contributed by atoms with Crippen molar-refractivity contribution in [1.82, 2.24) is 24.8 Å². The summed E-state index contributed by atoms with van der Waals surface area (Å²) in [5.41, 5.74) is 0.336. The molecule has 0 aliphatic rings. The van der Waals surface area contributed by atoms with Crippen LogP contribution < -0.4 is 5.32 Å². The van der Waals surface area contributed by atoms with E-state index >= 15 is 0 Å². The molecule has 2 N–H and O–H groups in total. The number of nitrogens with zero attached hydrogens (tertiary/aromatic N) is 5. The van der Waals surface area contributed by atoms with Gasteiger partial charge in [-0.05, 0) is 56.1 Å². The van der Waals surface area contributed by atoms with Crippen LogP contribution in [0.5, 0.6) is 0 Å². The first-order valence-electron chi connectivity index (χ1n) is 9.37. The van der Waals surface area contributed by atoms with Gasteiger partial charge in [-0.25, -0.2) is 9.67 Å². The van der Waals surface area contributed by atoms with Crippen molar-refractivity contribution in [2.45, 2.75) is 0 Å². The third kappa shape index (κ3) is 5.49. The maximum atomic E-state index is 13.3. The van der Waals surface area contributed by atoms with Crippen LogP contribution in [-0.2, 0) is 4.79 Å². The molecule has 0 saturated carbocycles. The largest absolute Gasteiger partial charge is 0.386 e. The van der Waals surface area contributed by atoms with Gasteiger partial charge in [0.15, 0.2) is 5.82 Å². The van der Waals surface area contributed by atoms with Crippen molar-refractivity contribution in [2.75, 3.05) is 26.0 Å². The van der Waals surface area contributed by atoms with Crippen molar-refractivity contribution in [3.63, 3.8) is 0 Å². The molecule has 10 nitrogen and oxygen atoms in total. The van der Waals surface area contributed by atoms with Gasteiger partial charge in [-0.2, -0.15) is 5.10 Å². The molecule has 178 valence electrons. The molecule has 1 aromatic carbocycles. The van der Waals surface area contributed by atoms with E-state index < -0.39 is 24.3 Å². The summed E-state index contributed by atoms with van der Waals surface area (Å²) in [6.07, 6.45) is 1.51. The van der Waals surface area contributed by atoms with E-state index in [1.165, 1.54) is 37.1 Å². The van der Waals surface area contributed by atoms with E-state index in [1.54, 1.807) is 18.2 Å². The van der Waals surface area contributed by atoms with E-state index in [0.717, 1.165) is 10.0 Å². The zero-order chi connectivity index (χ0) is 25.2. The summed E-state index contributed by atoms with van der Waals surface area (Å²) in [6.45, 7) is -0.769. The van der Waals surface area contributed by atoms with E-state index in [9.17, 15) is 14.4 Å². The van der Waals surface area contributed by atoms with Crippen LogP contribution in [0, 0.1) is 0 Å². The first kappa shape index (κ1) is 26.3. The number of carbonyl (C=O) groups excluding carboxylic acids is 3. The highest BCUT2D eigenvalue weighted by Gasteiger charge is 2.26. The molecule has 3 rings (SSSR count). The maximum Gasteiger partial charge on any atom is 0.274 e. The molecule has 2 heterocycles. The third-order valence-electron chi connectivity index (χ3n) is 4.62. The Morgan fingerprint density at radius 3 is 2.50 bits per heavy atom. The van der Waals surface area contributed by atoms with Crippen molar-refractivity contribution in [3.8, 4) is 5.82 Å². The summed E-state index contributed by atoms with van der Waals surface area (Å²) in [6, 6.07) is 7.89. The van der Waals surface area contributed by atoms with Crippen molar-refractivity contribution in [3.05, 3.63) is 66.4 Å². The highest BCUT2D eigenvalue weighted by Crippen LogP contribution is 2.32. The lowest BCUT2D eigenvalue weighted by Gasteiger charge is -2.28. The van der Waals surface area contributed by atoms with Gasteiger partial charge in [-0.15, -0.1) is 0 Å². The predicted octanol–water partition coefficient (Wildman–Crippen LogP) is 3.90. The average molecular weight is 680 g/mol. The lowest BCUT2D eigenvalue weighted by molar-refractivity contribution is -0.143. The number of hydrogen-bond acceptors (Lipinski definition) is 6. The number of benzene rings is 1. The second kappa shape index (κ2) is 11.0.